The zero-order valence-corrected chi connectivity index (χ0v) is 19.9. The number of alkyl halides is 3. The molecule has 2 N–H and O–H groups in total. The van der Waals surface area contributed by atoms with Gasteiger partial charge in [0.15, 0.2) is 5.96 Å². The molecule has 0 radical (unpaired) electrons. The third-order valence-corrected chi connectivity index (χ3v) is 5.07. The molecule has 166 valence electrons. The van der Waals surface area contributed by atoms with Gasteiger partial charge in [0.2, 0.25) is 0 Å². The summed E-state index contributed by atoms with van der Waals surface area (Å²) in [7, 11) is 1.68. The van der Waals surface area contributed by atoms with Crippen molar-refractivity contribution >= 4 is 47.4 Å². The second-order valence-electron chi connectivity index (χ2n) is 6.97. The van der Waals surface area contributed by atoms with E-state index in [-0.39, 0.29) is 35.0 Å². The Morgan fingerprint density at radius 2 is 2.10 bits per heavy atom. The molecule has 0 aromatic carbocycles. The van der Waals surface area contributed by atoms with Crippen molar-refractivity contribution in [1.82, 2.24) is 15.6 Å². The molecule has 0 spiro atoms. The van der Waals surface area contributed by atoms with Crippen LogP contribution in [0.5, 0.6) is 0 Å². The van der Waals surface area contributed by atoms with Crippen molar-refractivity contribution < 1.29 is 17.6 Å². The molecule has 1 aliphatic heterocycles. The maximum atomic E-state index is 12.8. The van der Waals surface area contributed by atoms with Gasteiger partial charge in [-0.2, -0.15) is 13.2 Å². The number of pyridine rings is 1. The first kappa shape index (κ1) is 24.6. The van der Waals surface area contributed by atoms with E-state index in [1.807, 2.05) is 24.8 Å². The summed E-state index contributed by atoms with van der Waals surface area (Å²) in [6.07, 6.45) is -2.87. The van der Waals surface area contributed by atoms with Crippen molar-refractivity contribution in [1.29, 1.82) is 0 Å². The number of halogens is 5. The van der Waals surface area contributed by atoms with Gasteiger partial charge in [-0.1, -0.05) is 11.6 Å². The molecule has 3 heterocycles. The number of aliphatic imine (C=N–C) groups is 1. The molecule has 0 saturated carbocycles. The molecule has 0 aliphatic carbocycles. The van der Waals surface area contributed by atoms with Crippen molar-refractivity contribution in [3.63, 3.8) is 0 Å². The zero-order chi connectivity index (χ0) is 21.2. The molecular formula is C19H24ClF3IN5O. The van der Waals surface area contributed by atoms with E-state index in [1.54, 1.807) is 7.05 Å². The second kappa shape index (κ2) is 10.1. The molecular weight excluding hydrogens is 534 g/mol. The Labute approximate surface area is 195 Å². The first-order valence-corrected chi connectivity index (χ1v) is 9.56. The summed E-state index contributed by atoms with van der Waals surface area (Å²) in [5.74, 6) is 2.72. The van der Waals surface area contributed by atoms with E-state index in [2.05, 4.69) is 20.6 Å². The summed E-state index contributed by atoms with van der Waals surface area (Å²) in [6, 6.07) is 2.96. The molecule has 0 bridgehead atoms. The molecule has 11 heteroatoms. The molecule has 1 unspecified atom stereocenters. The maximum absolute atomic E-state index is 12.8. The van der Waals surface area contributed by atoms with E-state index in [0.29, 0.717) is 31.4 Å². The van der Waals surface area contributed by atoms with E-state index in [0.717, 1.165) is 35.8 Å². The van der Waals surface area contributed by atoms with Gasteiger partial charge >= 0.3 is 6.18 Å². The van der Waals surface area contributed by atoms with Crippen LogP contribution in [0.25, 0.3) is 0 Å². The maximum Gasteiger partial charge on any atom is 0.417 e. The lowest BCUT2D eigenvalue weighted by molar-refractivity contribution is -0.137. The smallest absolute Gasteiger partial charge is 0.417 e. The average Bonchev–Trinajstić information content (AvgIpc) is 3.23. The fraction of sp³-hybridized carbons (Fsp3) is 0.474. The fourth-order valence-electron chi connectivity index (χ4n) is 3.31. The summed E-state index contributed by atoms with van der Waals surface area (Å²) < 4.78 is 43.9. The Balaban J connectivity index is 0.00000320. The van der Waals surface area contributed by atoms with Crippen molar-refractivity contribution in [2.45, 2.75) is 39.0 Å². The number of aryl methyl sites for hydroxylation is 2. The molecule has 0 amide bonds. The van der Waals surface area contributed by atoms with Gasteiger partial charge in [0, 0.05) is 44.5 Å². The van der Waals surface area contributed by atoms with E-state index < -0.39 is 11.7 Å². The topological polar surface area (TPSA) is 65.7 Å². The number of nitrogens with one attached hydrogen (secondary N) is 2. The van der Waals surface area contributed by atoms with Gasteiger partial charge < -0.3 is 20.0 Å². The third kappa shape index (κ3) is 5.93. The summed E-state index contributed by atoms with van der Waals surface area (Å²) in [5, 5.41) is 6.58. The molecule has 1 aliphatic rings. The number of nitrogens with zero attached hydrogens (tertiary/aromatic N) is 3. The van der Waals surface area contributed by atoms with Crippen molar-refractivity contribution in [3.8, 4) is 0 Å². The monoisotopic (exact) mass is 557 g/mol. The highest BCUT2D eigenvalue weighted by molar-refractivity contribution is 14.0. The van der Waals surface area contributed by atoms with E-state index >= 15 is 0 Å². The van der Waals surface area contributed by atoms with Crippen LogP contribution in [0.15, 0.2) is 27.7 Å². The van der Waals surface area contributed by atoms with Crippen LogP contribution >= 0.6 is 35.6 Å². The SMILES string of the molecule is CN=C(NCc1cc(C)oc1C)NC1CCN(c2ncc(C(F)(F)F)cc2Cl)C1.I. The van der Waals surface area contributed by atoms with E-state index in [1.165, 1.54) is 0 Å². The Kier molecular flexibility index (Phi) is 8.26. The minimum absolute atomic E-state index is 0. The van der Waals surface area contributed by atoms with Crippen LogP contribution in [0.2, 0.25) is 5.02 Å². The highest BCUT2D eigenvalue weighted by Gasteiger charge is 2.33. The highest BCUT2D eigenvalue weighted by atomic mass is 127. The first-order chi connectivity index (χ1) is 13.7. The van der Waals surface area contributed by atoms with E-state index in [4.69, 9.17) is 16.0 Å². The summed E-state index contributed by atoms with van der Waals surface area (Å²) in [6.45, 7) is 5.58. The Bertz CT molecular complexity index is 903. The quantitative estimate of drug-likeness (QED) is 0.329. The molecule has 2 aromatic rings. The number of rotatable bonds is 4. The molecule has 30 heavy (non-hydrogen) atoms. The van der Waals surface area contributed by atoms with Crippen LogP contribution < -0.4 is 15.5 Å². The van der Waals surface area contributed by atoms with Crippen LogP contribution in [0, 0.1) is 13.8 Å². The van der Waals surface area contributed by atoms with Crippen molar-refractivity contribution in [2.24, 2.45) is 4.99 Å². The van der Waals surface area contributed by atoms with Gasteiger partial charge in [0.25, 0.3) is 0 Å². The summed E-state index contributed by atoms with van der Waals surface area (Å²) >= 11 is 6.06. The van der Waals surface area contributed by atoms with Gasteiger partial charge in [-0.05, 0) is 32.4 Å². The minimum Gasteiger partial charge on any atom is -0.466 e. The van der Waals surface area contributed by atoms with Crippen LogP contribution in [-0.4, -0.2) is 37.1 Å². The Morgan fingerprint density at radius 1 is 1.37 bits per heavy atom. The summed E-state index contributed by atoms with van der Waals surface area (Å²) in [4.78, 5) is 10.0. The number of hydrogen-bond acceptors (Lipinski definition) is 4. The van der Waals surface area contributed by atoms with Crippen LogP contribution in [0.4, 0.5) is 19.0 Å². The predicted octanol–water partition coefficient (Wildman–Crippen LogP) is 4.53. The van der Waals surface area contributed by atoms with Crippen molar-refractivity contribution in [3.05, 3.63) is 46.0 Å². The first-order valence-electron chi connectivity index (χ1n) is 9.18. The van der Waals surface area contributed by atoms with Gasteiger partial charge in [-0.3, -0.25) is 4.99 Å². The number of anilines is 1. The molecule has 3 rings (SSSR count). The fourth-order valence-corrected chi connectivity index (χ4v) is 3.60. The van der Waals surface area contributed by atoms with Crippen LogP contribution in [0.1, 0.15) is 29.1 Å². The number of guanidine groups is 1. The summed E-state index contributed by atoms with van der Waals surface area (Å²) in [5.41, 5.74) is 0.203. The molecule has 2 aromatic heterocycles. The zero-order valence-electron chi connectivity index (χ0n) is 16.8. The number of furan rings is 1. The molecule has 1 saturated heterocycles. The lowest BCUT2D eigenvalue weighted by Crippen LogP contribution is -2.44. The second-order valence-corrected chi connectivity index (χ2v) is 7.37. The molecule has 1 atom stereocenters. The van der Waals surface area contributed by atoms with Gasteiger partial charge in [0.05, 0.1) is 10.6 Å². The normalized spacial score (nSPS) is 17.1. The van der Waals surface area contributed by atoms with E-state index in [9.17, 15) is 13.2 Å². The van der Waals surface area contributed by atoms with Crippen LogP contribution in [0.3, 0.4) is 0 Å². The lowest BCUT2D eigenvalue weighted by Gasteiger charge is -2.21. The molecule has 6 nitrogen and oxygen atoms in total. The standard InChI is InChI=1S/C19H23ClF3N5O.HI/c1-11-6-13(12(2)29-11)8-26-18(24-3)27-15-4-5-28(10-15)17-16(20)7-14(9-25-17)19(21,22)23;/h6-7,9,15H,4-5,8,10H2,1-3H3,(H2,24,26,27);1H. The van der Waals surface area contributed by atoms with Gasteiger partial charge in [-0.15, -0.1) is 24.0 Å². The van der Waals surface area contributed by atoms with Gasteiger partial charge in [0.1, 0.15) is 17.3 Å². The molecule has 1 fully saturated rings. The van der Waals surface area contributed by atoms with Crippen LogP contribution in [-0.2, 0) is 12.7 Å². The number of hydrogen-bond donors (Lipinski definition) is 2. The highest BCUT2D eigenvalue weighted by Crippen LogP contribution is 2.34. The minimum atomic E-state index is -4.46. The Morgan fingerprint density at radius 3 is 2.67 bits per heavy atom. The van der Waals surface area contributed by atoms with Gasteiger partial charge in [-0.25, -0.2) is 4.98 Å². The van der Waals surface area contributed by atoms with Crippen molar-refractivity contribution in [2.75, 3.05) is 25.0 Å². The largest absolute Gasteiger partial charge is 0.466 e. The third-order valence-electron chi connectivity index (χ3n) is 4.79. The lowest BCUT2D eigenvalue weighted by atomic mass is 10.2. The number of aromatic nitrogens is 1. The average molecular weight is 558 g/mol. The predicted molar refractivity (Wildman–Crippen MR) is 122 cm³/mol. The Hall–Kier alpha value is -1.69.